The molecule has 1 aliphatic rings. The number of nitrogens with one attached hydrogen (secondary N) is 2. The van der Waals surface area contributed by atoms with Crippen molar-refractivity contribution in [2.75, 3.05) is 13.1 Å². The van der Waals surface area contributed by atoms with Gasteiger partial charge in [-0.1, -0.05) is 6.07 Å². The molecule has 1 aromatic rings. The van der Waals surface area contributed by atoms with E-state index in [4.69, 9.17) is 4.74 Å². The van der Waals surface area contributed by atoms with Crippen LogP contribution in [-0.2, 0) is 4.79 Å². The smallest absolute Gasteiger partial charge is 0.217 e. The molecule has 1 saturated heterocycles. The standard InChI is InChI=1S/C13H19N3O2/c1-9(16-10(2)17)11-3-4-13(15-7-11)18-12-5-6-14-8-12/h3-4,7,9,12,14H,5-6,8H2,1-2H3,(H,16,17). The van der Waals surface area contributed by atoms with Gasteiger partial charge in [-0.2, -0.15) is 0 Å². The van der Waals surface area contributed by atoms with Crippen molar-refractivity contribution in [3.8, 4) is 5.88 Å². The van der Waals surface area contributed by atoms with Crippen LogP contribution in [0.3, 0.4) is 0 Å². The maximum Gasteiger partial charge on any atom is 0.217 e. The highest BCUT2D eigenvalue weighted by molar-refractivity contribution is 5.73. The van der Waals surface area contributed by atoms with Crippen molar-refractivity contribution < 1.29 is 9.53 Å². The zero-order valence-electron chi connectivity index (χ0n) is 10.8. The van der Waals surface area contributed by atoms with Crippen LogP contribution in [0.1, 0.15) is 31.9 Å². The van der Waals surface area contributed by atoms with Gasteiger partial charge in [0.1, 0.15) is 6.10 Å². The van der Waals surface area contributed by atoms with Crippen LogP contribution >= 0.6 is 0 Å². The maximum absolute atomic E-state index is 11.0. The molecular weight excluding hydrogens is 230 g/mol. The lowest BCUT2D eigenvalue weighted by molar-refractivity contribution is -0.119. The topological polar surface area (TPSA) is 63.2 Å². The summed E-state index contributed by atoms with van der Waals surface area (Å²) in [6.45, 7) is 5.32. The van der Waals surface area contributed by atoms with Gasteiger partial charge in [0.05, 0.1) is 6.04 Å². The molecule has 0 aromatic carbocycles. The molecule has 1 aromatic heterocycles. The van der Waals surface area contributed by atoms with E-state index in [0.717, 1.165) is 25.1 Å². The fraction of sp³-hybridized carbons (Fsp3) is 0.538. The first kappa shape index (κ1) is 12.8. The zero-order chi connectivity index (χ0) is 13.0. The summed E-state index contributed by atoms with van der Waals surface area (Å²) in [6.07, 6.45) is 2.99. The molecule has 1 fully saturated rings. The Hall–Kier alpha value is -1.62. The average Bonchev–Trinajstić information content (AvgIpc) is 2.82. The second-order valence-electron chi connectivity index (χ2n) is 4.58. The second kappa shape index (κ2) is 5.82. The van der Waals surface area contributed by atoms with Gasteiger partial charge in [0.15, 0.2) is 0 Å². The highest BCUT2D eigenvalue weighted by atomic mass is 16.5. The normalized spacial score (nSPS) is 20.4. The van der Waals surface area contributed by atoms with E-state index in [0.29, 0.717) is 5.88 Å². The lowest BCUT2D eigenvalue weighted by Gasteiger charge is -2.14. The molecular formula is C13H19N3O2. The quantitative estimate of drug-likeness (QED) is 0.836. The highest BCUT2D eigenvalue weighted by Gasteiger charge is 2.16. The molecule has 0 saturated carbocycles. The summed E-state index contributed by atoms with van der Waals surface area (Å²) in [5, 5.41) is 6.07. The van der Waals surface area contributed by atoms with Crippen LogP contribution in [0, 0.1) is 0 Å². The number of hydrogen-bond donors (Lipinski definition) is 2. The number of aromatic nitrogens is 1. The molecule has 2 N–H and O–H groups in total. The molecule has 1 aliphatic heterocycles. The van der Waals surface area contributed by atoms with E-state index in [2.05, 4.69) is 15.6 Å². The lowest BCUT2D eigenvalue weighted by atomic mass is 10.1. The number of nitrogens with zero attached hydrogens (tertiary/aromatic N) is 1. The molecule has 2 atom stereocenters. The molecule has 0 spiro atoms. The largest absolute Gasteiger partial charge is 0.473 e. The van der Waals surface area contributed by atoms with E-state index in [-0.39, 0.29) is 18.1 Å². The van der Waals surface area contributed by atoms with E-state index in [1.807, 2.05) is 19.1 Å². The molecule has 5 nitrogen and oxygen atoms in total. The first-order valence-electron chi connectivity index (χ1n) is 6.25. The Morgan fingerprint density at radius 1 is 1.61 bits per heavy atom. The van der Waals surface area contributed by atoms with Gasteiger partial charge in [0.2, 0.25) is 11.8 Å². The lowest BCUT2D eigenvalue weighted by Crippen LogP contribution is -2.24. The summed E-state index contributed by atoms with van der Waals surface area (Å²) >= 11 is 0. The molecule has 0 aliphatic carbocycles. The molecule has 2 rings (SSSR count). The Morgan fingerprint density at radius 2 is 2.44 bits per heavy atom. The van der Waals surface area contributed by atoms with Crippen molar-refractivity contribution >= 4 is 5.91 Å². The van der Waals surface area contributed by atoms with Crippen molar-refractivity contribution in [1.82, 2.24) is 15.6 Å². The second-order valence-corrected chi connectivity index (χ2v) is 4.58. The predicted molar refractivity (Wildman–Crippen MR) is 68.4 cm³/mol. The Bertz CT molecular complexity index is 399. The Labute approximate surface area is 107 Å². The van der Waals surface area contributed by atoms with Gasteiger partial charge < -0.3 is 15.4 Å². The summed E-state index contributed by atoms with van der Waals surface area (Å²) in [5.41, 5.74) is 0.974. The SMILES string of the molecule is CC(=O)NC(C)c1ccc(OC2CCNC2)nc1. The molecule has 98 valence electrons. The van der Waals surface area contributed by atoms with Crippen molar-refractivity contribution in [2.24, 2.45) is 0 Å². The van der Waals surface area contributed by atoms with Crippen molar-refractivity contribution in [3.05, 3.63) is 23.9 Å². The number of amides is 1. The fourth-order valence-electron chi connectivity index (χ4n) is 2.01. The van der Waals surface area contributed by atoms with Gasteiger partial charge in [-0.3, -0.25) is 4.79 Å². The van der Waals surface area contributed by atoms with Crippen molar-refractivity contribution in [3.63, 3.8) is 0 Å². The molecule has 0 bridgehead atoms. The third-order valence-corrected chi connectivity index (χ3v) is 2.98. The van der Waals surface area contributed by atoms with E-state index in [1.165, 1.54) is 6.92 Å². The van der Waals surface area contributed by atoms with Crippen molar-refractivity contribution in [1.29, 1.82) is 0 Å². The number of carbonyl (C=O) groups excluding carboxylic acids is 1. The molecule has 2 heterocycles. The van der Waals surface area contributed by atoms with E-state index < -0.39 is 0 Å². The first-order valence-corrected chi connectivity index (χ1v) is 6.25. The van der Waals surface area contributed by atoms with Gasteiger partial charge in [-0.25, -0.2) is 4.98 Å². The van der Waals surface area contributed by atoms with Crippen LogP contribution in [0.5, 0.6) is 5.88 Å². The van der Waals surface area contributed by atoms with E-state index in [9.17, 15) is 4.79 Å². The Balaban J connectivity index is 1.94. The minimum Gasteiger partial charge on any atom is -0.473 e. The van der Waals surface area contributed by atoms with Crippen LogP contribution in [0.2, 0.25) is 0 Å². The maximum atomic E-state index is 11.0. The van der Waals surface area contributed by atoms with E-state index >= 15 is 0 Å². The fourth-order valence-corrected chi connectivity index (χ4v) is 2.01. The first-order chi connectivity index (χ1) is 8.65. The third-order valence-electron chi connectivity index (χ3n) is 2.98. The number of ether oxygens (including phenoxy) is 1. The van der Waals surface area contributed by atoms with Crippen LogP contribution < -0.4 is 15.4 Å². The van der Waals surface area contributed by atoms with Gasteiger partial charge in [0.25, 0.3) is 0 Å². The van der Waals surface area contributed by atoms with Crippen LogP contribution in [0.15, 0.2) is 18.3 Å². The van der Waals surface area contributed by atoms with Crippen LogP contribution in [0.4, 0.5) is 0 Å². The summed E-state index contributed by atoms with van der Waals surface area (Å²) in [5.74, 6) is 0.599. The minimum absolute atomic E-state index is 0.0304. The van der Waals surface area contributed by atoms with Gasteiger partial charge in [-0.15, -0.1) is 0 Å². The van der Waals surface area contributed by atoms with Gasteiger partial charge in [0, 0.05) is 25.7 Å². The average molecular weight is 249 g/mol. The monoisotopic (exact) mass is 249 g/mol. The number of rotatable bonds is 4. The number of pyridine rings is 1. The molecule has 1 amide bonds. The van der Waals surface area contributed by atoms with Crippen LogP contribution in [0.25, 0.3) is 0 Å². The number of hydrogen-bond acceptors (Lipinski definition) is 4. The predicted octanol–water partition coefficient (Wildman–Crippen LogP) is 1.02. The molecule has 5 heteroatoms. The van der Waals surface area contributed by atoms with Gasteiger partial charge >= 0.3 is 0 Å². The Morgan fingerprint density at radius 3 is 3.00 bits per heavy atom. The zero-order valence-corrected chi connectivity index (χ0v) is 10.8. The molecule has 2 unspecified atom stereocenters. The summed E-state index contributed by atoms with van der Waals surface area (Å²) in [7, 11) is 0. The third kappa shape index (κ3) is 3.43. The molecule has 0 radical (unpaired) electrons. The van der Waals surface area contributed by atoms with Gasteiger partial charge in [-0.05, 0) is 25.5 Å². The number of carbonyl (C=O) groups is 1. The highest BCUT2D eigenvalue weighted by Crippen LogP contribution is 2.16. The van der Waals surface area contributed by atoms with E-state index in [1.54, 1.807) is 6.20 Å². The summed E-state index contributed by atoms with van der Waals surface area (Å²) in [4.78, 5) is 15.2. The Kier molecular flexibility index (Phi) is 4.15. The minimum atomic E-state index is -0.0418. The van der Waals surface area contributed by atoms with Crippen molar-refractivity contribution in [2.45, 2.75) is 32.4 Å². The summed E-state index contributed by atoms with van der Waals surface area (Å²) in [6, 6.07) is 3.76. The molecule has 18 heavy (non-hydrogen) atoms. The summed E-state index contributed by atoms with van der Waals surface area (Å²) < 4.78 is 5.73. The van der Waals surface area contributed by atoms with Crippen LogP contribution in [-0.4, -0.2) is 30.1 Å².